The highest BCUT2D eigenvalue weighted by Gasteiger charge is 2.54. The van der Waals surface area contributed by atoms with Crippen LogP contribution in [-0.4, -0.2) is 109 Å². The minimum atomic E-state index is -1.20. The predicted molar refractivity (Wildman–Crippen MR) is 137 cm³/mol. The van der Waals surface area contributed by atoms with Gasteiger partial charge in [0.1, 0.15) is 29.7 Å². The summed E-state index contributed by atoms with van der Waals surface area (Å²) in [5.41, 5.74) is 5.75. The summed E-state index contributed by atoms with van der Waals surface area (Å²) in [7, 11) is 0. The van der Waals surface area contributed by atoms with Gasteiger partial charge in [-0.25, -0.2) is 9.39 Å². The predicted octanol–water partition coefficient (Wildman–Crippen LogP) is -0.499. The van der Waals surface area contributed by atoms with Gasteiger partial charge in [0.05, 0.1) is 26.2 Å². The van der Waals surface area contributed by atoms with Crippen LogP contribution in [0, 0.1) is 11.3 Å². The van der Waals surface area contributed by atoms with Crippen molar-refractivity contribution in [1.82, 2.24) is 24.6 Å². The Morgan fingerprint density at radius 3 is 2.79 bits per heavy atom. The molecule has 0 unspecified atom stereocenters. The van der Waals surface area contributed by atoms with E-state index in [-0.39, 0.29) is 22.4 Å². The lowest BCUT2D eigenvalue weighted by atomic mass is 10.0. The number of amides is 2. The fourth-order valence-electron chi connectivity index (χ4n) is 5.34. The van der Waals surface area contributed by atoms with Crippen LogP contribution in [0.1, 0.15) is 18.7 Å². The maximum Gasteiger partial charge on any atom is 0.352 e. The number of quaternary nitrogens is 1. The Hall–Kier alpha value is -3.52. The molecular formula is C22H26N9O5S2+. The molecule has 0 saturated carbocycles. The van der Waals surface area contributed by atoms with Crippen molar-refractivity contribution in [3.63, 3.8) is 0 Å². The van der Waals surface area contributed by atoms with E-state index in [0.717, 1.165) is 61.7 Å². The van der Waals surface area contributed by atoms with Gasteiger partial charge in [-0.15, -0.1) is 11.8 Å². The first-order valence-corrected chi connectivity index (χ1v) is 13.8. The Bertz CT molecular complexity index is 1280. The molecule has 2 amide bonds. The van der Waals surface area contributed by atoms with Crippen molar-refractivity contribution in [3.8, 4) is 6.07 Å². The summed E-state index contributed by atoms with van der Waals surface area (Å²) in [6.45, 7) is 4.75. The minimum absolute atomic E-state index is 0.0691. The number of β-lactam (4-membered cyclic amide) rings is 1. The van der Waals surface area contributed by atoms with Crippen LogP contribution in [0.5, 0.6) is 0 Å². The number of carbonyl (C=O) groups excluding carboxylic acids is 2. The molecule has 5 heterocycles. The fraction of sp³-hybridized carbons (Fsp3) is 0.500. The van der Waals surface area contributed by atoms with Gasteiger partial charge in [-0.3, -0.25) is 14.5 Å². The highest BCUT2D eigenvalue weighted by atomic mass is 32.2. The molecule has 1 aromatic heterocycles. The maximum absolute atomic E-state index is 13.1. The number of nitrogens with zero attached hydrogens (tertiary/aromatic N) is 7. The zero-order valence-electron chi connectivity index (χ0n) is 20.3. The molecule has 38 heavy (non-hydrogen) atoms. The van der Waals surface area contributed by atoms with Gasteiger partial charge in [0.25, 0.3) is 11.8 Å². The molecule has 4 N–H and O–H groups in total. The first-order chi connectivity index (χ1) is 18.3. The molecule has 0 bridgehead atoms. The molecule has 0 aliphatic carbocycles. The number of oxime groups is 1. The second-order valence-corrected chi connectivity index (χ2v) is 11.0. The van der Waals surface area contributed by atoms with Crippen LogP contribution in [0.25, 0.3) is 0 Å². The second kappa shape index (κ2) is 10.7. The molecule has 4 aliphatic rings. The lowest BCUT2D eigenvalue weighted by Crippen LogP contribution is -2.71. The first-order valence-electron chi connectivity index (χ1n) is 12.0. The molecule has 0 aromatic carbocycles. The van der Waals surface area contributed by atoms with Crippen LogP contribution < -0.4 is 11.1 Å². The largest absolute Gasteiger partial charge is 0.477 e. The molecule has 3 fully saturated rings. The van der Waals surface area contributed by atoms with Crippen molar-refractivity contribution in [1.29, 1.82) is 5.26 Å². The van der Waals surface area contributed by atoms with E-state index in [0.29, 0.717) is 11.3 Å². The number of nitrogen functional groups attached to an aromatic ring is 1. The van der Waals surface area contributed by atoms with Crippen LogP contribution in [0.3, 0.4) is 0 Å². The number of allylic oxidation sites excluding steroid dienone is 1. The SMILES string of the molecule is N#CCO/N=C(\C(=O)N[C@@H]1C(=O)N2C(C(=O)O)=C(/C=C/C[N+]34CCCN3CCC4)CS[C@H]12)c1nsc(N)n1. The van der Waals surface area contributed by atoms with Gasteiger partial charge in [0.2, 0.25) is 18.1 Å². The summed E-state index contributed by atoms with van der Waals surface area (Å²) in [5.74, 6) is -2.28. The van der Waals surface area contributed by atoms with E-state index in [4.69, 9.17) is 15.8 Å². The summed E-state index contributed by atoms with van der Waals surface area (Å²) in [6, 6.07) is 0.748. The summed E-state index contributed by atoms with van der Waals surface area (Å²) in [5, 5.41) is 26.8. The maximum atomic E-state index is 13.1. The molecule has 200 valence electrons. The Morgan fingerprint density at radius 2 is 2.13 bits per heavy atom. The number of fused-ring (bicyclic) bond motifs is 2. The Morgan fingerprint density at radius 1 is 1.37 bits per heavy atom. The van der Waals surface area contributed by atoms with E-state index < -0.39 is 35.8 Å². The van der Waals surface area contributed by atoms with E-state index >= 15 is 0 Å². The molecule has 5 rings (SSSR count). The van der Waals surface area contributed by atoms with E-state index in [1.54, 1.807) is 6.07 Å². The zero-order chi connectivity index (χ0) is 26.9. The molecule has 4 aliphatic heterocycles. The van der Waals surface area contributed by atoms with Crippen molar-refractivity contribution in [2.24, 2.45) is 5.16 Å². The third-order valence-corrected chi connectivity index (χ3v) is 8.83. The monoisotopic (exact) mass is 560 g/mol. The topological polar surface area (TPSA) is 187 Å². The van der Waals surface area contributed by atoms with Gasteiger partial charge >= 0.3 is 5.97 Å². The number of nitriles is 1. The quantitative estimate of drug-likeness (QED) is 0.116. The minimum Gasteiger partial charge on any atom is -0.477 e. The van der Waals surface area contributed by atoms with E-state index in [2.05, 4.69) is 24.8 Å². The van der Waals surface area contributed by atoms with E-state index in [1.165, 1.54) is 16.7 Å². The highest BCUT2D eigenvalue weighted by Crippen LogP contribution is 2.41. The summed E-state index contributed by atoms with van der Waals surface area (Å²) in [4.78, 5) is 48.1. The normalized spacial score (nSPS) is 24.7. The van der Waals surface area contributed by atoms with Gasteiger partial charge in [0.15, 0.2) is 5.13 Å². The smallest absolute Gasteiger partial charge is 0.352 e. The van der Waals surface area contributed by atoms with Crippen molar-refractivity contribution < 1.29 is 28.9 Å². The van der Waals surface area contributed by atoms with Crippen LogP contribution in [0.15, 0.2) is 28.6 Å². The van der Waals surface area contributed by atoms with Gasteiger partial charge in [-0.2, -0.15) is 19.6 Å². The average molecular weight is 561 g/mol. The van der Waals surface area contributed by atoms with Gasteiger partial charge in [-0.1, -0.05) is 11.2 Å². The third kappa shape index (κ3) is 4.73. The number of carboxylic acid groups (broad SMARTS) is 1. The molecule has 0 spiro atoms. The van der Waals surface area contributed by atoms with E-state index in [1.807, 2.05) is 12.2 Å². The molecular weight excluding hydrogens is 534 g/mol. The third-order valence-electron chi connectivity index (χ3n) is 6.99. The number of aromatic nitrogens is 2. The van der Waals surface area contributed by atoms with Gasteiger partial charge in [-0.05, 0) is 11.6 Å². The number of nitrogens with one attached hydrogen (secondary N) is 1. The lowest BCUT2D eigenvalue weighted by Gasteiger charge is -2.49. The molecule has 2 atom stereocenters. The lowest BCUT2D eigenvalue weighted by molar-refractivity contribution is -1.00. The Kier molecular flexibility index (Phi) is 7.34. The number of hydrogen-bond donors (Lipinski definition) is 3. The number of rotatable bonds is 9. The van der Waals surface area contributed by atoms with Crippen LogP contribution >= 0.6 is 23.3 Å². The Labute approximate surface area is 226 Å². The van der Waals surface area contributed by atoms with Crippen molar-refractivity contribution in [2.75, 3.05) is 50.8 Å². The van der Waals surface area contributed by atoms with Gasteiger partial charge < -0.3 is 21.0 Å². The molecule has 1 aromatic rings. The zero-order valence-corrected chi connectivity index (χ0v) is 21.9. The molecule has 3 saturated heterocycles. The molecule has 0 radical (unpaired) electrons. The number of hydrogen-bond acceptors (Lipinski definition) is 12. The summed E-state index contributed by atoms with van der Waals surface area (Å²) < 4.78 is 4.86. The van der Waals surface area contributed by atoms with Crippen molar-refractivity contribution >= 4 is 51.9 Å². The molecule has 16 heteroatoms. The van der Waals surface area contributed by atoms with Crippen LogP contribution in [0.2, 0.25) is 0 Å². The van der Waals surface area contributed by atoms with Crippen molar-refractivity contribution in [3.05, 3.63) is 29.2 Å². The summed E-state index contributed by atoms with van der Waals surface area (Å²) >= 11 is 2.21. The highest BCUT2D eigenvalue weighted by molar-refractivity contribution is 8.00. The average Bonchev–Trinajstić information content (AvgIpc) is 3.60. The number of carbonyl (C=O) groups is 3. The number of anilines is 1. The molecule has 14 nitrogen and oxygen atoms in total. The van der Waals surface area contributed by atoms with Gasteiger partial charge in [0, 0.05) is 30.1 Å². The standard InChI is InChI=1S/C22H25N9O5S2/c23-5-11-36-27-14(17-26-22(24)38-28-17)18(32)25-15-19(33)30-16(21(34)35)13(12-37-20(15)30)4-1-8-31-9-2-6-29(31)7-3-10-31/h1,4,15,20H,2-3,6-12H2,(H3-,24,25,26,28,32,34,35)/p+1/b4-1+,27-14-/t15-,20-/m1/s1. The second-order valence-electron chi connectivity index (χ2n) is 9.16. The number of thioether (sulfide) groups is 1. The summed E-state index contributed by atoms with van der Waals surface area (Å²) in [6.07, 6.45) is 6.16. The van der Waals surface area contributed by atoms with Crippen LogP contribution in [-0.2, 0) is 19.2 Å². The number of aliphatic carboxylic acids is 1. The first kappa shape index (κ1) is 26.1. The number of nitrogens with two attached hydrogens (primary N) is 1. The fourth-order valence-corrected chi connectivity index (χ4v) is 7.09. The number of carboxylic acids is 1. The van der Waals surface area contributed by atoms with Crippen LogP contribution in [0.4, 0.5) is 5.13 Å². The Balaban J connectivity index is 1.30. The van der Waals surface area contributed by atoms with Crippen molar-refractivity contribution in [2.45, 2.75) is 24.3 Å². The van der Waals surface area contributed by atoms with E-state index in [9.17, 15) is 19.5 Å².